The molecule has 1 aliphatic rings. The average molecular weight is 279 g/mol. The van der Waals surface area contributed by atoms with Gasteiger partial charge in [0.05, 0.1) is 23.5 Å². The fraction of sp³-hybridized carbons (Fsp3) is 0.571. The van der Waals surface area contributed by atoms with E-state index in [4.69, 9.17) is 10.8 Å². The molecular weight excluding hydrogens is 258 g/mol. The number of amides is 1. The van der Waals surface area contributed by atoms with Crippen molar-refractivity contribution < 1.29 is 15.0 Å². The maximum atomic E-state index is 10.9. The molecule has 0 unspecified atom stereocenters. The Kier molecular flexibility index (Phi) is 3.85. The highest BCUT2D eigenvalue weighted by Gasteiger charge is 2.45. The van der Waals surface area contributed by atoms with Crippen LogP contribution in [0.3, 0.4) is 0 Å². The second-order valence-corrected chi connectivity index (χ2v) is 5.80. The summed E-state index contributed by atoms with van der Waals surface area (Å²) in [5, 5.41) is 21.9. The molecule has 6 heteroatoms. The summed E-state index contributed by atoms with van der Waals surface area (Å²) in [6, 6.07) is 1.35. The lowest BCUT2D eigenvalue weighted by atomic mass is 9.67. The van der Waals surface area contributed by atoms with Crippen LogP contribution in [0.2, 0.25) is 0 Å². The molecule has 1 fully saturated rings. The Hall–Kier alpha value is -1.82. The Morgan fingerprint density at radius 3 is 2.85 bits per heavy atom. The summed E-state index contributed by atoms with van der Waals surface area (Å²) in [6.07, 6.45) is 3.46. The van der Waals surface area contributed by atoms with Crippen molar-refractivity contribution in [1.82, 2.24) is 10.3 Å². The summed E-state index contributed by atoms with van der Waals surface area (Å²) in [5.41, 5.74) is 6.47. The van der Waals surface area contributed by atoms with Crippen LogP contribution >= 0.6 is 0 Å². The number of nitrogen functional groups attached to an aromatic ring is 1. The van der Waals surface area contributed by atoms with Crippen LogP contribution < -0.4 is 11.1 Å². The van der Waals surface area contributed by atoms with Crippen molar-refractivity contribution in [2.24, 2.45) is 5.92 Å². The molecule has 20 heavy (non-hydrogen) atoms. The Morgan fingerprint density at radius 1 is 1.55 bits per heavy atom. The standard InChI is InChI=1S/C14H21N3O3/c1-8-5-9(10-3-4-16-7-11(10)15)6-12(14(8,2)20)17-13(18)19/h3-4,7-9,12,17,20H,5-6,15H2,1-2H3,(H,18,19)/t8-,9+,12+,14+/m0/s1. The lowest BCUT2D eigenvalue weighted by Crippen LogP contribution is -2.57. The summed E-state index contributed by atoms with van der Waals surface area (Å²) >= 11 is 0. The van der Waals surface area contributed by atoms with Gasteiger partial charge in [0.2, 0.25) is 0 Å². The molecule has 1 heterocycles. The SMILES string of the molecule is C[C@H]1C[C@@H](c2ccncc2N)C[C@@H](NC(=O)O)[C@]1(C)O. The van der Waals surface area contributed by atoms with Crippen molar-refractivity contribution in [1.29, 1.82) is 0 Å². The van der Waals surface area contributed by atoms with E-state index in [1.54, 1.807) is 19.3 Å². The Balaban J connectivity index is 2.26. The van der Waals surface area contributed by atoms with Crippen LogP contribution in [0.4, 0.5) is 10.5 Å². The Bertz CT molecular complexity index is 504. The van der Waals surface area contributed by atoms with Gasteiger partial charge in [-0.1, -0.05) is 6.92 Å². The number of nitrogens with two attached hydrogens (primary N) is 1. The molecule has 6 nitrogen and oxygen atoms in total. The van der Waals surface area contributed by atoms with Crippen LogP contribution in [0.25, 0.3) is 0 Å². The second-order valence-electron chi connectivity index (χ2n) is 5.80. The lowest BCUT2D eigenvalue weighted by Gasteiger charge is -2.45. The number of nitrogens with zero attached hydrogens (tertiary/aromatic N) is 1. The van der Waals surface area contributed by atoms with Gasteiger partial charge in [-0.2, -0.15) is 0 Å². The first-order valence-electron chi connectivity index (χ1n) is 6.73. The lowest BCUT2D eigenvalue weighted by molar-refractivity contribution is -0.0558. The van der Waals surface area contributed by atoms with Crippen molar-refractivity contribution in [2.45, 2.75) is 44.2 Å². The molecule has 1 amide bonds. The number of anilines is 1. The van der Waals surface area contributed by atoms with Gasteiger partial charge in [0.15, 0.2) is 0 Å². The highest BCUT2D eigenvalue weighted by Crippen LogP contribution is 2.42. The van der Waals surface area contributed by atoms with Crippen molar-refractivity contribution in [3.63, 3.8) is 0 Å². The third-order valence-corrected chi connectivity index (χ3v) is 4.49. The number of carboxylic acid groups (broad SMARTS) is 1. The molecule has 5 N–H and O–H groups in total. The molecule has 1 saturated carbocycles. The van der Waals surface area contributed by atoms with Crippen molar-refractivity contribution in [3.8, 4) is 0 Å². The maximum absolute atomic E-state index is 10.9. The van der Waals surface area contributed by atoms with Crippen LogP contribution in [0.15, 0.2) is 18.5 Å². The molecule has 110 valence electrons. The van der Waals surface area contributed by atoms with E-state index in [1.165, 1.54) is 0 Å². The number of nitrogens with one attached hydrogen (secondary N) is 1. The van der Waals surface area contributed by atoms with Crippen LogP contribution in [0.1, 0.15) is 38.2 Å². The molecule has 0 bridgehead atoms. The van der Waals surface area contributed by atoms with Crippen LogP contribution in [0.5, 0.6) is 0 Å². The molecule has 0 saturated heterocycles. The third kappa shape index (κ3) is 2.70. The van der Waals surface area contributed by atoms with Crippen LogP contribution in [0, 0.1) is 5.92 Å². The predicted molar refractivity (Wildman–Crippen MR) is 75.4 cm³/mol. The van der Waals surface area contributed by atoms with Gasteiger partial charge in [0, 0.05) is 6.20 Å². The number of aromatic nitrogens is 1. The van der Waals surface area contributed by atoms with Gasteiger partial charge in [0.1, 0.15) is 0 Å². The number of aliphatic hydroxyl groups is 1. The summed E-state index contributed by atoms with van der Waals surface area (Å²) in [4.78, 5) is 14.9. The highest BCUT2D eigenvalue weighted by molar-refractivity contribution is 5.65. The van der Waals surface area contributed by atoms with E-state index in [0.717, 1.165) is 12.0 Å². The topological polar surface area (TPSA) is 108 Å². The normalized spacial score (nSPS) is 33.6. The molecule has 0 aromatic carbocycles. The minimum atomic E-state index is -1.12. The zero-order valence-corrected chi connectivity index (χ0v) is 11.7. The monoisotopic (exact) mass is 279 g/mol. The zero-order valence-electron chi connectivity index (χ0n) is 11.7. The fourth-order valence-corrected chi connectivity index (χ4v) is 3.03. The van der Waals surface area contributed by atoms with E-state index < -0.39 is 17.7 Å². The molecule has 0 radical (unpaired) electrons. The number of hydrogen-bond donors (Lipinski definition) is 4. The van der Waals surface area contributed by atoms with E-state index in [0.29, 0.717) is 12.1 Å². The van der Waals surface area contributed by atoms with Gasteiger partial charge in [-0.05, 0) is 43.2 Å². The summed E-state index contributed by atoms with van der Waals surface area (Å²) in [5.74, 6) is 0.0794. The van der Waals surface area contributed by atoms with E-state index in [-0.39, 0.29) is 11.8 Å². The maximum Gasteiger partial charge on any atom is 0.404 e. The van der Waals surface area contributed by atoms with Crippen LogP contribution in [-0.4, -0.2) is 32.9 Å². The van der Waals surface area contributed by atoms with E-state index in [2.05, 4.69) is 10.3 Å². The third-order valence-electron chi connectivity index (χ3n) is 4.49. The quantitative estimate of drug-likeness (QED) is 0.657. The summed E-state index contributed by atoms with van der Waals surface area (Å²) in [6.45, 7) is 3.62. The molecule has 1 aliphatic carbocycles. The van der Waals surface area contributed by atoms with Gasteiger partial charge >= 0.3 is 6.09 Å². The fourth-order valence-electron chi connectivity index (χ4n) is 3.03. The number of rotatable bonds is 2. The number of hydrogen-bond acceptors (Lipinski definition) is 4. The van der Waals surface area contributed by atoms with E-state index >= 15 is 0 Å². The molecule has 0 aliphatic heterocycles. The first-order valence-corrected chi connectivity index (χ1v) is 6.73. The van der Waals surface area contributed by atoms with Gasteiger partial charge < -0.3 is 21.3 Å². The molecule has 1 aromatic rings. The van der Waals surface area contributed by atoms with Crippen molar-refractivity contribution in [3.05, 3.63) is 24.0 Å². The Morgan fingerprint density at radius 2 is 2.25 bits per heavy atom. The molecule has 1 aromatic heterocycles. The smallest absolute Gasteiger partial charge is 0.404 e. The average Bonchev–Trinajstić information content (AvgIpc) is 2.35. The van der Waals surface area contributed by atoms with Crippen molar-refractivity contribution >= 4 is 11.8 Å². The van der Waals surface area contributed by atoms with E-state index in [9.17, 15) is 9.90 Å². The molecule has 0 spiro atoms. The van der Waals surface area contributed by atoms with Gasteiger partial charge in [0.25, 0.3) is 0 Å². The first kappa shape index (κ1) is 14.6. The second kappa shape index (κ2) is 5.28. The zero-order chi connectivity index (χ0) is 14.9. The first-order chi connectivity index (χ1) is 9.32. The van der Waals surface area contributed by atoms with Crippen molar-refractivity contribution in [2.75, 3.05) is 5.73 Å². The number of carbonyl (C=O) groups is 1. The molecule has 2 rings (SSSR count). The van der Waals surface area contributed by atoms with Crippen LogP contribution in [-0.2, 0) is 0 Å². The van der Waals surface area contributed by atoms with Gasteiger partial charge in [-0.3, -0.25) is 4.98 Å². The van der Waals surface area contributed by atoms with Gasteiger partial charge in [-0.25, -0.2) is 4.79 Å². The largest absolute Gasteiger partial charge is 0.465 e. The highest BCUT2D eigenvalue weighted by atomic mass is 16.4. The van der Waals surface area contributed by atoms with Gasteiger partial charge in [-0.15, -0.1) is 0 Å². The molecule has 4 atom stereocenters. The molecular formula is C14H21N3O3. The summed E-state index contributed by atoms with van der Waals surface area (Å²) < 4.78 is 0. The number of pyridine rings is 1. The Labute approximate surface area is 118 Å². The minimum Gasteiger partial charge on any atom is -0.465 e. The predicted octanol–water partition coefficient (Wildman–Crippen LogP) is 1.56. The minimum absolute atomic E-state index is 0.0364. The van der Waals surface area contributed by atoms with E-state index in [1.807, 2.05) is 13.0 Å². The summed E-state index contributed by atoms with van der Waals surface area (Å²) in [7, 11) is 0.